The summed E-state index contributed by atoms with van der Waals surface area (Å²) in [6, 6.07) is 8.61. The van der Waals surface area contributed by atoms with Crippen LogP contribution < -0.4 is 0 Å². The van der Waals surface area contributed by atoms with Gasteiger partial charge in [0.15, 0.2) is 11.0 Å². The highest BCUT2D eigenvalue weighted by Gasteiger charge is 2.22. The molecule has 0 N–H and O–H groups in total. The molecule has 5 nitrogen and oxygen atoms in total. The van der Waals surface area contributed by atoms with Gasteiger partial charge in [-0.3, -0.25) is 4.90 Å². The molecule has 0 fully saturated rings. The highest BCUT2D eigenvalue weighted by atomic mass is 32.2. The third-order valence-electron chi connectivity index (χ3n) is 4.45. The molecule has 0 aliphatic heterocycles. The van der Waals surface area contributed by atoms with Gasteiger partial charge in [-0.05, 0) is 39.1 Å². The molecule has 0 saturated heterocycles. The Morgan fingerprint density at radius 3 is 2.69 bits per heavy atom. The fourth-order valence-electron chi connectivity index (χ4n) is 3.07. The molecule has 2 heterocycles. The predicted molar refractivity (Wildman–Crippen MR) is 111 cm³/mol. The first kappa shape index (κ1) is 19.3. The zero-order chi connectivity index (χ0) is 18.5. The minimum Gasteiger partial charge on any atom is -0.305 e. The van der Waals surface area contributed by atoms with Gasteiger partial charge in [-0.25, -0.2) is 4.98 Å². The second kappa shape index (κ2) is 8.97. The third-order valence-corrected chi connectivity index (χ3v) is 6.65. The molecule has 0 aliphatic rings. The molecular formula is C19H27N5S2. The number of fused-ring (bicyclic) bond motifs is 1. The quantitative estimate of drug-likeness (QED) is 0.482. The molecule has 0 saturated carbocycles. The van der Waals surface area contributed by atoms with E-state index in [1.165, 1.54) is 11.1 Å². The lowest BCUT2D eigenvalue weighted by molar-refractivity contribution is 0.270. The van der Waals surface area contributed by atoms with Gasteiger partial charge in [0.1, 0.15) is 5.01 Å². The lowest BCUT2D eigenvalue weighted by atomic mass is 10.2. The van der Waals surface area contributed by atoms with E-state index in [-0.39, 0.29) is 0 Å². The van der Waals surface area contributed by atoms with Crippen LogP contribution in [0.1, 0.15) is 50.0 Å². The normalized spacial score (nSPS) is 13.0. The van der Waals surface area contributed by atoms with Crippen LogP contribution in [0.4, 0.5) is 0 Å². The summed E-state index contributed by atoms with van der Waals surface area (Å²) >= 11 is 3.51. The first-order valence-corrected chi connectivity index (χ1v) is 11.0. The van der Waals surface area contributed by atoms with Crippen LogP contribution >= 0.6 is 23.1 Å². The van der Waals surface area contributed by atoms with Gasteiger partial charge in [0, 0.05) is 6.54 Å². The van der Waals surface area contributed by atoms with E-state index in [0.717, 1.165) is 46.6 Å². The predicted octanol–water partition coefficient (Wildman–Crippen LogP) is 4.99. The zero-order valence-corrected chi connectivity index (χ0v) is 17.6. The lowest BCUT2D eigenvalue weighted by Crippen LogP contribution is -2.23. The summed E-state index contributed by atoms with van der Waals surface area (Å²) in [7, 11) is 4.22. The average molecular weight is 390 g/mol. The van der Waals surface area contributed by atoms with Gasteiger partial charge in [0.2, 0.25) is 0 Å². The number of aromatic nitrogens is 4. The molecule has 1 atom stereocenters. The van der Waals surface area contributed by atoms with Crippen LogP contribution in [0.15, 0.2) is 29.4 Å². The molecule has 26 heavy (non-hydrogen) atoms. The molecule has 140 valence electrons. The maximum atomic E-state index is 4.74. The molecule has 0 spiro atoms. The number of benzene rings is 1. The average Bonchev–Trinajstić information content (AvgIpc) is 3.22. The van der Waals surface area contributed by atoms with Crippen LogP contribution in [-0.2, 0) is 12.3 Å². The summed E-state index contributed by atoms with van der Waals surface area (Å²) in [5.41, 5.74) is 1.08. The van der Waals surface area contributed by atoms with Crippen LogP contribution in [-0.4, -0.2) is 38.7 Å². The topological polar surface area (TPSA) is 46.8 Å². The number of thiazole rings is 1. The molecule has 0 bridgehead atoms. The second-order valence-corrected chi connectivity index (χ2v) is 8.66. The molecule has 2 aromatic heterocycles. The number of thioether (sulfide) groups is 1. The highest BCUT2D eigenvalue weighted by Crippen LogP contribution is 2.30. The lowest BCUT2D eigenvalue weighted by Gasteiger charge is -2.23. The molecular weight excluding hydrogens is 362 g/mol. The van der Waals surface area contributed by atoms with Gasteiger partial charge in [0.05, 0.1) is 22.0 Å². The monoisotopic (exact) mass is 389 g/mol. The standard InChI is InChI=1S/C19H27N5S2/c1-5-7-12-24-18(15(6-2)23(3)4)21-22-19(24)25-13-17-20-14-10-8-9-11-16(14)26-17/h8-11,15H,5-7,12-13H2,1-4H3. The number of nitrogens with zero attached hydrogens (tertiary/aromatic N) is 5. The van der Waals surface area contributed by atoms with Crippen molar-refractivity contribution in [2.45, 2.75) is 56.6 Å². The van der Waals surface area contributed by atoms with E-state index in [1.807, 2.05) is 6.07 Å². The molecule has 3 aromatic rings. The first-order chi connectivity index (χ1) is 12.6. The molecule has 0 aliphatic carbocycles. The zero-order valence-electron chi connectivity index (χ0n) is 16.0. The Kier molecular flexibility index (Phi) is 6.67. The highest BCUT2D eigenvalue weighted by molar-refractivity contribution is 7.98. The van der Waals surface area contributed by atoms with Crippen molar-refractivity contribution < 1.29 is 0 Å². The Hall–Kier alpha value is -1.44. The van der Waals surface area contributed by atoms with Gasteiger partial charge >= 0.3 is 0 Å². The van der Waals surface area contributed by atoms with Crippen molar-refractivity contribution in [1.82, 2.24) is 24.6 Å². The fourth-order valence-corrected chi connectivity index (χ4v) is 5.00. The summed E-state index contributed by atoms with van der Waals surface area (Å²) in [5, 5.41) is 11.2. The first-order valence-electron chi connectivity index (χ1n) is 9.20. The van der Waals surface area contributed by atoms with Gasteiger partial charge in [-0.15, -0.1) is 21.5 Å². The minimum atomic E-state index is 0.302. The molecule has 1 unspecified atom stereocenters. The van der Waals surface area contributed by atoms with Gasteiger partial charge in [-0.1, -0.05) is 44.2 Å². The number of hydrogen-bond donors (Lipinski definition) is 0. The van der Waals surface area contributed by atoms with Gasteiger partial charge < -0.3 is 4.57 Å². The summed E-state index contributed by atoms with van der Waals surface area (Å²) in [6.45, 7) is 5.41. The number of unbranched alkanes of at least 4 members (excludes halogenated alkanes) is 1. The smallest absolute Gasteiger partial charge is 0.191 e. The van der Waals surface area contributed by atoms with Crippen molar-refractivity contribution in [3.05, 3.63) is 35.1 Å². The Morgan fingerprint density at radius 1 is 1.19 bits per heavy atom. The van der Waals surface area contributed by atoms with Crippen molar-refractivity contribution >= 4 is 33.3 Å². The van der Waals surface area contributed by atoms with Crippen LogP contribution in [0.3, 0.4) is 0 Å². The Morgan fingerprint density at radius 2 is 2.00 bits per heavy atom. The van der Waals surface area contributed by atoms with Crippen LogP contribution in [0.5, 0.6) is 0 Å². The van der Waals surface area contributed by atoms with Gasteiger partial charge in [-0.2, -0.15) is 0 Å². The van der Waals surface area contributed by atoms with E-state index >= 15 is 0 Å². The Labute approximate surface area is 163 Å². The Balaban J connectivity index is 1.80. The van der Waals surface area contributed by atoms with Gasteiger partial charge in [0.25, 0.3) is 0 Å². The van der Waals surface area contributed by atoms with Crippen molar-refractivity contribution in [2.75, 3.05) is 14.1 Å². The van der Waals surface area contributed by atoms with E-state index < -0.39 is 0 Å². The van der Waals surface area contributed by atoms with E-state index in [4.69, 9.17) is 4.98 Å². The number of hydrogen-bond acceptors (Lipinski definition) is 6. The van der Waals surface area contributed by atoms with Crippen LogP contribution in [0, 0.1) is 0 Å². The van der Waals surface area contributed by atoms with Crippen molar-refractivity contribution in [2.24, 2.45) is 0 Å². The molecule has 0 radical (unpaired) electrons. The minimum absolute atomic E-state index is 0.302. The summed E-state index contributed by atoms with van der Waals surface area (Å²) in [6.07, 6.45) is 3.34. The second-order valence-electron chi connectivity index (χ2n) is 6.60. The molecule has 7 heteroatoms. The van der Waals surface area contributed by atoms with Crippen molar-refractivity contribution in [3.8, 4) is 0 Å². The van der Waals surface area contributed by atoms with E-state index in [9.17, 15) is 0 Å². The summed E-state index contributed by atoms with van der Waals surface area (Å²) in [4.78, 5) is 6.97. The third kappa shape index (κ3) is 4.27. The van der Waals surface area contributed by atoms with Crippen molar-refractivity contribution in [3.63, 3.8) is 0 Å². The van der Waals surface area contributed by atoms with Crippen LogP contribution in [0.2, 0.25) is 0 Å². The SMILES string of the molecule is CCCCn1c(SCc2nc3ccccc3s2)nnc1C(CC)N(C)C. The maximum Gasteiger partial charge on any atom is 0.191 e. The van der Waals surface area contributed by atoms with Crippen LogP contribution in [0.25, 0.3) is 10.2 Å². The van der Waals surface area contributed by atoms with E-state index in [0.29, 0.717) is 6.04 Å². The maximum absolute atomic E-state index is 4.74. The largest absolute Gasteiger partial charge is 0.305 e. The summed E-state index contributed by atoms with van der Waals surface area (Å²) < 4.78 is 3.56. The Bertz CT molecular complexity index is 806. The van der Waals surface area contributed by atoms with E-state index in [1.54, 1.807) is 23.1 Å². The van der Waals surface area contributed by atoms with E-state index in [2.05, 4.69) is 65.8 Å². The number of para-hydroxylation sites is 1. The number of rotatable bonds is 9. The molecule has 1 aromatic carbocycles. The molecule has 0 amide bonds. The molecule has 3 rings (SSSR count). The summed E-state index contributed by atoms with van der Waals surface area (Å²) in [5.74, 6) is 1.92. The fraction of sp³-hybridized carbons (Fsp3) is 0.526. The van der Waals surface area contributed by atoms with Crippen molar-refractivity contribution in [1.29, 1.82) is 0 Å².